The number of ether oxygens (including phenoxy) is 1. The van der Waals surface area contributed by atoms with Crippen molar-refractivity contribution in [2.75, 3.05) is 59.0 Å². The van der Waals surface area contributed by atoms with E-state index in [9.17, 15) is 39.3 Å². The number of aliphatic carboxylic acids is 5. The third-order valence-electron chi connectivity index (χ3n) is 5.24. The number of benzene rings is 1. The van der Waals surface area contributed by atoms with E-state index in [1.54, 1.807) is 37.3 Å². The van der Waals surface area contributed by atoms with Gasteiger partial charge in [0.2, 0.25) is 0 Å². The zero-order chi connectivity index (χ0) is 28.0. The lowest BCUT2D eigenvalue weighted by atomic mass is 9.99. The van der Waals surface area contributed by atoms with Crippen LogP contribution in [0, 0.1) is 0 Å². The van der Waals surface area contributed by atoms with E-state index in [0.717, 1.165) is 9.80 Å². The second-order valence-corrected chi connectivity index (χ2v) is 8.29. The Bertz CT molecular complexity index is 896. The first kappa shape index (κ1) is 31.4. The topological polar surface area (TPSA) is 205 Å². The lowest BCUT2D eigenvalue weighted by molar-refractivity contribution is -0.184. The van der Waals surface area contributed by atoms with E-state index < -0.39 is 68.3 Å². The number of carbonyl (C=O) groups is 5. The average Bonchev–Trinajstić information content (AvgIpc) is 2.76. The molecule has 0 spiro atoms. The molecule has 14 nitrogen and oxygen atoms in total. The zero-order valence-electron chi connectivity index (χ0n) is 20.5. The number of carboxylic acids is 5. The number of carboxylic acid groups (broad SMARTS) is 5. The van der Waals surface area contributed by atoms with Crippen LogP contribution in [0.3, 0.4) is 0 Å². The van der Waals surface area contributed by atoms with E-state index in [4.69, 9.17) is 14.9 Å². The lowest BCUT2D eigenvalue weighted by Crippen LogP contribution is -2.62. The van der Waals surface area contributed by atoms with Crippen LogP contribution in [0.25, 0.3) is 0 Å². The van der Waals surface area contributed by atoms with Crippen LogP contribution in [0.4, 0.5) is 0 Å². The highest BCUT2D eigenvalue weighted by Crippen LogP contribution is 2.25. The monoisotopic (exact) mass is 527 g/mol. The SMILES string of the molecule is CCOC(Cc1ccccc1)(CN(CCN(CC(=O)O)CC(=O)O)CC(=O)O)N(CC(=O)O)CC(=O)O. The molecule has 0 aliphatic heterocycles. The minimum absolute atomic E-state index is 0.00627. The second kappa shape index (κ2) is 15.5. The molecular formula is C23H33N3O11. The molecule has 0 bridgehead atoms. The first-order valence-corrected chi connectivity index (χ1v) is 11.3. The van der Waals surface area contributed by atoms with Gasteiger partial charge in [0.05, 0.1) is 32.7 Å². The molecule has 0 saturated heterocycles. The van der Waals surface area contributed by atoms with Gasteiger partial charge in [0.25, 0.3) is 0 Å². The fraction of sp³-hybridized carbons (Fsp3) is 0.522. The minimum Gasteiger partial charge on any atom is -0.480 e. The highest BCUT2D eigenvalue weighted by Gasteiger charge is 2.42. The van der Waals surface area contributed by atoms with Crippen molar-refractivity contribution >= 4 is 29.8 Å². The summed E-state index contributed by atoms with van der Waals surface area (Å²) in [6.07, 6.45) is 0.00627. The van der Waals surface area contributed by atoms with Gasteiger partial charge in [-0.05, 0) is 12.5 Å². The van der Waals surface area contributed by atoms with E-state index in [1.165, 1.54) is 4.90 Å². The molecule has 0 amide bonds. The summed E-state index contributed by atoms with van der Waals surface area (Å²) in [7, 11) is 0. The highest BCUT2D eigenvalue weighted by atomic mass is 16.5. The number of hydrogen-bond acceptors (Lipinski definition) is 9. The molecule has 0 heterocycles. The lowest BCUT2D eigenvalue weighted by Gasteiger charge is -2.45. The summed E-state index contributed by atoms with van der Waals surface area (Å²) in [4.78, 5) is 60.8. The van der Waals surface area contributed by atoms with Crippen LogP contribution >= 0.6 is 0 Å². The Hall–Kier alpha value is -3.59. The fourth-order valence-electron chi connectivity index (χ4n) is 3.94. The van der Waals surface area contributed by atoms with Gasteiger partial charge in [0.1, 0.15) is 5.72 Å². The summed E-state index contributed by atoms with van der Waals surface area (Å²) in [5.74, 6) is -6.44. The van der Waals surface area contributed by atoms with Crippen LogP contribution in [0.5, 0.6) is 0 Å². The maximum atomic E-state index is 11.7. The summed E-state index contributed by atoms with van der Waals surface area (Å²) in [6, 6.07) is 8.69. The minimum atomic E-state index is -1.60. The van der Waals surface area contributed by atoms with Gasteiger partial charge in [0.15, 0.2) is 0 Å². The Balaban J connectivity index is 3.45. The van der Waals surface area contributed by atoms with Crippen molar-refractivity contribution in [1.82, 2.24) is 14.7 Å². The summed E-state index contributed by atoms with van der Waals surface area (Å²) in [6.45, 7) is -2.08. The van der Waals surface area contributed by atoms with Gasteiger partial charge in [-0.3, -0.25) is 38.7 Å². The smallest absolute Gasteiger partial charge is 0.317 e. The summed E-state index contributed by atoms with van der Waals surface area (Å²) >= 11 is 0. The Morgan fingerprint density at radius 3 is 1.57 bits per heavy atom. The van der Waals surface area contributed by atoms with Crippen LogP contribution in [0.1, 0.15) is 12.5 Å². The molecule has 0 radical (unpaired) electrons. The van der Waals surface area contributed by atoms with E-state index in [1.807, 2.05) is 0 Å². The summed E-state index contributed by atoms with van der Waals surface area (Å²) in [5.41, 5.74) is -0.933. The van der Waals surface area contributed by atoms with Crippen molar-refractivity contribution < 1.29 is 54.2 Å². The van der Waals surface area contributed by atoms with E-state index in [2.05, 4.69) is 0 Å². The molecule has 1 atom stereocenters. The van der Waals surface area contributed by atoms with Crippen LogP contribution in [-0.4, -0.2) is 135 Å². The Morgan fingerprint density at radius 1 is 0.703 bits per heavy atom. The standard InChI is InChI=1S/C23H33N3O11/c1-2-37-23(10-17-6-4-3-5-7-17,26(14-21(33)34)15-22(35)36)16-25(13-20(31)32)9-8-24(11-18(27)28)12-19(29)30/h3-7H,2,8-16H2,1H3,(H,27,28)(H,29,30)(H,31,32)(H,33,34)(H,35,36). The van der Waals surface area contributed by atoms with Gasteiger partial charge in [-0.25, -0.2) is 0 Å². The van der Waals surface area contributed by atoms with Crippen molar-refractivity contribution in [2.24, 2.45) is 0 Å². The normalized spacial score (nSPS) is 13.0. The van der Waals surface area contributed by atoms with Crippen molar-refractivity contribution in [3.8, 4) is 0 Å². The molecule has 5 N–H and O–H groups in total. The third kappa shape index (κ3) is 12.3. The highest BCUT2D eigenvalue weighted by molar-refractivity contribution is 5.73. The molecular weight excluding hydrogens is 494 g/mol. The van der Waals surface area contributed by atoms with Crippen LogP contribution < -0.4 is 0 Å². The van der Waals surface area contributed by atoms with E-state index in [0.29, 0.717) is 5.56 Å². The van der Waals surface area contributed by atoms with Gasteiger partial charge in [-0.15, -0.1) is 0 Å². The maximum Gasteiger partial charge on any atom is 0.317 e. The Labute approximate surface area is 213 Å². The van der Waals surface area contributed by atoms with Crippen molar-refractivity contribution in [1.29, 1.82) is 0 Å². The molecule has 1 aromatic rings. The average molecular weight is 528 g/mol. The third-order valence-corrected chi connectivity index (χ3v) is 5.24. The van der Waals surface area contributed by atoms with Crippen molar-refractivity contribution in [3.05, 3.63) is 35.9 Å². The predicted octanol–water partition coefficient (Wildman–Crippen LogP) is -0.709. The Kier molecular flexibility index (Phi) is 13.2. The van der Waals surface area contributed by atoms with Crippen molar-refractivity contribution in [2.45, 2.75) is 19.1 Å². The second-order valence-electron chi connectivity index (χ2n) is 8.29. The van der Waals surface area contributed by atoms with Gasteiger partial charge in [0, 0.05) is 32.7 Å². The summed E-state index contributed by atoms with van der Waals surface area (Å²) in [5, 5.41) is 46.7. The molecule has 1 aromatic carbocycles. The van der Waals surface area contributed by atoms with Gasteiger partial charge < -0.3 is 30.3 Å². The molecule has 0 saturated carbocycles. The summed E-state index contributed by atoms with van der Waals surface area (Å²) < 4.78 is 6.01. The Morgan fingerprint density at radius 2 is 1.14 bits per heavy atom. The van der Waals surface area contributed by atoms with Gasteiger partial charge >= 0.3 is 29.8 Å². The van der Waals surface area contributed by atoms with E-state index in [-0.39, 0.29) is 32.7 Å². The molecule has 0 aliphatic carbocycles. The number of rotatable bonds is 20. The molecule has 206 valence electrons. The molecule has 37 heavy (non-hydrogen) atoms. The van der Waals surface area contributed by atoms with Crippen LogP contribution in [-0.2, 0) is 35.1 Å². The van der Waals surface area contributed by atoms with E-state index >= 15 is 0 Å². The van der Waals surface area contributed by atoms with Gasteiger partial charge in [-0.2, -0.15) is 0 Å². The molecule has 0 fully saturated rings. The first-order valence-electron chi connectivity index (χ1n) is 11.3. The fourth-order valence-corrected chi connectivity index (χ4v) is 3.94. The van der Waals surface area contributed by atoms with Crippen LogP contribution in [0.15, 0.2) is 30.3 Å². The molecule has 0 aliphatic rings. The largest absolute Gasteiger partial charge is 0.480 e. The molecule has 14 heteroatoms. The quantitative estimate of drug-likeness (QED) is 0.133. The zero-order valence-corrected chi connectivity index (χ0v) is 20.5. The van der Waals surface area contributed by atoms with Crippen LogP contribution in [0.2, 0.25) is 0 Å². The number of nitrogens with zero attached hydrogens (tertiary/aromatic N) is 3. The predicted molar refractivity (Wildman–Crippen MR) is 127 cm³/mol. The first-order chi connectivity index (χ1) is 17.4. The maximum absolute atomic E-state index is 11.7. The molecule has 1 unspecified atom stereocenters. The molecule has 0 aromatic heterocycles. The molecule has 1 rings (SSSR count). The van der Waals surface area contributed by atoms with Gasteiger partial charge in [-0.1, -0.05) is 30.3 Å². The van der Waals surface area contributed by atoms with Crippen molar-refractivity contribution in [3.63, 3.8) is 0 Å². The number of hydrogen-bond donors (Lipinski definition) is 5.